The van der Waals surface area contributed by atoms with Crippen molar-refractivity contribution in [3.8, 4) is 0 Å². The van der Waals surface area contributed by atoms with Crippen molar-refractivity contribution in [2.24, 2.45) is 23.7 Å². The number of piperidine rings is 2. The number of aliphatic hydroxyl groups is 4. The summed E-state index contributed by atoms with van der Waals surface area (Å²) < 4.78 is 20.5. The fourth-order valence-corrected chi connectivity index (χ4v) is 10.4. The first kappa shape index (κ1) is 57.8. The van der Waals surface area contributed by atoms with Gasteiger partial charge in [-0.1, -0.05) is 55.8 Å². The molecule has 8 rings (SSSR count). The number of carbonyl (C=O) groups excluding carboxylic acids is 2. The number of carboxylic acids is 4. The molecule has 4 aromatic rings. The molecule has 4 aliphatic heterocycles. The number of rotatable bonds is 14. The smallest absolute Gasteiger partial charge is 0.337 e. The molecule has 2 aromatic heterocycles. The molecule has 0 radical (unpaired) electrons. The van der Waals surface area contributed by atoms with E-state index in [1.54, 1.807) is 20.5 Å². The summed E-state index contributed by atoms with van der Waals surface area (Å²) in [6.07, 6.45) is 0.922. The van der Waals surface area contributed by atoms with Gasteiger partial charge in [0.05, 0.1) is 64.2 Å². The zero-order chi connectivity index (χ0) is 54.6. The van der Waals surface area contributed by atoms with Gasteiger partial charge in [0.15, 0.2) is 24.4 Å². The Bertz CT molecular complexity index is 2640. The van der Waals surface area contributed by atoms with E-state index in [2.05, 4.69) is 81.8 Å². The second-order valence-electron chi connectivity index (χ2n) is 18.1. The van der Waals surface area contributed by atoms with Gasteiger partial charge in [-0.2, -0.15) is 0 Å². The highest BCUT2D eigenvalue weighted by Gasteiger charge is 2.44. The third-order valence-electron chi connectivity index (χ3n) is 14.1. The molecule has 74 heavy (non-hydrogen) atoms. The predicted octanol–water partition coefficient (Wildman–Crippen LogP) is 3.16. The summed E-state index contributed by atoms with van der Waals surface area (Å²) in [6.45, 7) is 10.2. The van der Waals surface area contributed by atoms with Crippen molar-refractivity contribution in [1.29, 1.82) is 0 Å². The molecule has 6 heterocycles. The molecule has 2 aromatic carbocycles. The number of fused-ring (bicyclic) bond motifs is 10. The van der Waals surface area contributed by atoms with Gasteiger partial charge in [0.1, 0.15) is 0 Å². The number of carbonyl (C=O) groups is 6. The van der Waals surface area contributed by atoms with Crippen LogP contribution in [0.3, 0.4) is 0 Å². The van der Waals surface area contributed by atoms with E-state index in [4.69, 9.17) is 59.8 Å². The Morgan fingerprint density at radius 3 is 1.36 bits per heavy atom. The van der Waals surface area contributed by atoms with E-state index in [-0.39, 0.29) is 35.7 Å². The van der Waals surface area contributed by atoms with Gasteiger partial charge in [-0.25, -0.2) is 28.8 Å². The van der Waals surface area contributed by atoms with Crippen molar-refractivity contribution in [3.05, 3.63) is 107 Å². The first-order chi connectivity index (χ1) is 35.3. The zero-order valence-corrected chi connectivity index (χ0v) is 41.8. The van der Waals surface area contributed by atoms with Crippen LogP contribution < -0.4 is 0 Å². The van der Waals surface area contributed by atoms with Gasteiger partial charge in [-0.05, 0) is 66.7 Å². The number of benzene rings is 2. The first-order valence-corrected chi connectivity index (χ1v) is 23.8. The summed E-state index contributed by atoms with van der Waals surface area (Å²) in [5.41, 5.74) is 9.11. The largest absolute Gasteiger partial charge is 0.504 e. The fraction of sp³-hybridized carbons (Fsp3) is 0.462. The molecule has 0 bridgehead atoms. The molecule has 10 N–H and O–H groups in total. The van der Waals surface area contributed by atoms with Crippen molar-refractivity contribution in [2.45, 2.75) is 75.5 Å². The van der Waals surface area contributed by atoms with Crippen LogP contribution in [-0.2, 0) is 60.6 Å². The topological polar surface area (TPSA) is 339 Å². The number of para-hydroxylation sites is 2. The Balaban J connectivity index is 0.000000203. The molecule has 2 fully saturated rings. The van der Waals surface area contributed by atoms with E-state index in [1.807, 2.05) is 6.08 Å². The average Bonchev–Trinajstić information content (AvgIpc) is 3.99. The number of nitrogens with zero attached hydrogens (tertiary/aromatic N) is 2. The van der Waals surface area contributed by atoms with Crippen LogP contribution in [0.5, 0.6) is 0 Å². The van der Waals surface area contributed by atoms with Crippen molar-refractivity contribution in [3.63, 3.8) is 0 Å². The maximum absolute atomic E-state index is 12.4. The molecule has 22 nitrogen and oxygen atoms in total. The van der Waals surface area contributed by atoms with Crippen molar-refractivity contribution in [1.82, 2.24) is 19.8 Å². The lowest BCUT2D eigenvalue weighted by molar-refractivity contribution is -0.165. The number of aromatic nitrogens is 2. The van der Waals surface area contributed by atoms with Crippen LogP contribution in [0.4, 0.5) is 0 Å². The number of hydrogen-bond acceptors (Lipinski definition) is 16. The molecule has 0 saturated carbocycles. The molecule has 10 atom stereocenters. The third-order valence-corrected chi connectivity index (χ3v) is 14.1. The highest BCUT2D eigenvalue weighted by atomic mass is 16.5. The van der Waals surface area contributed by atoms with Crippen molar-refractivity contribution < 1.29 is 88.6 Å². The monoisotopic (exact) mass is 1030 g/mol. The van der Waals surface area contributed by atoms with E-state index >= 15 is 0 Å². The number of methoxy groups -OCH3 is 4. The molecule has 0 spiro atoms. The fourth-order valence-electron chi connectivity index (χ4n) is 10.4. The Morgan fingerprint density at radius 2 is 1.00 bits per heavy atom. The van der Waals surface area contributed by atoms with Crippen LogP contribution in [0.2, 0.25) is 0 Å². The molecular weight excluding hydrogens is 969 g/mol. The highest BCUT2D eigenvalue weighted by Crippen LogP contribution is 2.47. The standard InChI is InChI=1S/C22H28N2O3.C22H26N2O3.2C4H6O6/c2*1-4-14-12-24-10-9-16-15-7-5-6-8-19(15)23-21(16)20(24)11-17(14)18(13-26-2)22(25)27-3;2*5-1(3(7)8)2(6)4(9)10/h5-8,13-14,17,20,23H,4,9-12H2,1-3H3;4-8,13-14,17,20,23H,1,9-12H2,2-3H3;2*1-2,5-6H,(H,7,8)(H,9,10)/b2*18-13-;;/t2*14-,17-,20-;;/m00../s1. The number of carboxylic acid groups (broad SMARTS) is 4. The number of esters is 2. The Morgan fingerprint density at radius 1 is 0.622 bits per heavy atom. The van der Waals surface area contributed by atoms with E-state index in [1.165, 1.54) is 64.8 Å². The van der Waals surface area contributed by atoms with Gasteiger partial charge < -0.3 is 69.8 Å². The maximum Gasteiger partial charge on any atom is 0.337 e. The van der Waals surface area contributed by atoms with Gasteiger partial charge >= 0.3 is 35.8 Å². The third kappa shape index (κ3) is 13.0. The van der Waals surface area contributed by atoms with E-state index in [0.717, 1.165) is 58.3 Å². The minimum Gasteiger partial charge on any atom is -0.504 e. The van der Waals surface area contributed by atoms with Gasteiger partial charge in [0, 0.05) is 65.3 Å². The average molecular weight is 1040 g/mol. The van der Waals surface area contributed by atoms with Gasteiger partial charge in [-0.3, -0.25) is 9.80 Å². The van der Waals surface area contributed by atoms with Crippen molar-refractivity contribution >= 4 is 57.6 Å². The lowest BCUT2D eigenvalue weighted by Crippen LogP contribution is -2.47. The lowest BCUT2D eigenvalue weighted by Gasteiger charge is -2.46. The van der Waals surface area contributed by atoms with Crippen molar-refractivity contribution in [2.75, 3.05) is 54.6 Å². The summed E-state index contributed by atoms with van der Waals surface area (Å²) in [6, 6.07) is 17.6. The predicted molar refractivity (Wildman–Crippen MR) is 265 cm³/mol. The SMILES string of the molecule is C=C[C@H]1CN2CCc3c([nH]c4ccccc34)[C@@H]2C[C@@H]1/C(=C/OC)C(=O)OC.CC[C@H]1CN2CCc3c([nH]c4ccccc34)[C@@H]2C[C@@H]1/C(=C/OC)C(=O)OC.O=C(O)C(O)C(O)C(=O)O.O=C(O)C(O)C(O)C(=O)O. The lowest BCUT2D eigenvalue weighted by atomic mass is 9.74. The van der Waals surface area contributed by atoms with Crippen LogP contribution in [0, 0.1) is 23.7 Å². The van der Waals surface area contributed by atoms with Crippen LogP contribution in [0.1, 0.15) is 60.8 Å². The summed E-state index contributed by atoms with van der Waals surface area (Å²) in [4.78, 5) is 76.3. The van der Waals surface area contributed by atoms with Crippen LogP contribution in [0.25, 0.3) is 21.8 Å². The Hall–Kier alpha value is -7.08. The maximum atomic E-state index is 12.4. The summed E-state index contributed by atoms with van der Waals surface area (Å²) in [5, 5.41) is 67.7. The van der Waals surface area contributed by atoms with Crippen LogP contribution >= 0.6 is 0 Å². The first-order valence-electron chi connectivity index (χ1n) is 23.8. The second-order valence-corrected chi connectivity index (χ2v) is 18.1. The summed E-state index contributed by atoms with van der Waals surface area (Å²) in [7, 11) is 6.02. The van der Waals surface area contributed by atoms with E-state index < -0.39 is 48.3 Å². The summed E-state index contributed by atoms with van der Waals surface area (Å²) in [5.74, 6) is -6.90. The zero-order valence-electron chi connectivity index (χ0n) is 41.8. The number of aliphatic hydroxyl groups excluding tert-OH is 4. The molecule has 402 valence electrons. The molecular formula is C52H66N4O18. The molecule has 22 heteroatoms. The molecule has 4 unspecified atom stereocenters. The van der Waals surface area contributed by atoms with Crippen LogP contribution in [0.15, 0.2) is 84.9 Å². The van der Waals surface area contributed by atoms with E-state index in [9.17, 15) is 28.8 Å². The number of ether oxygens (including phenoxy) is 4. The van der Waals surface area contributed by atoms with Crippen LogP contribution in [-0.4, -0.2) is 175 Å². The minimum atomic E-state index is -2.27. The normalized spacial score (nSPS) is 23.0. The number of hydrogen-bond donors (Lipinski definition) is 10. The number of H-pyrrole nitrogens is 2. The highest BCUT2D eigenvalue weighted by molar-refractivity contribution is 5.90. The van der Waals surface area contributed by atoms with Gasteiger partial charge in [0.2, 0.25) is 0 Å². The number of aliphatic carboxylic acids is 4. The molecule has 4 aliphatic rings. The second kappa shape index (κ2) is 26.2. The Labute approximate surface area is 426 Å². The van der Waals surface area contributed by atoms with Gasteiger partial charge in [0.25, 0.3) is 0 Å². The number of nitrogens with one attached hydrogen (secondary N) is 2. The minimum absolute atomic E-state index is 0.0218. The molecule has 2 saturated heterocycles. The van der Waals surface area contributed by atoms with Gasteiger partial charge in [-0.15, -0.1) is 6.58 Å². The molecule has 0 amide bonds. The summed E-state index contributed by atoms with van der Waals surface area (Å²) >= 11 is 0. The van der Waals surface area contributed by atoms with E-state index in [0.29, 0.717) is 23.1 Å². The number of aromatic amines is 2. The molecule has 0 aliphatic carbocycles. The quantitative estimate of drug-likeness (QED) is 0.0375. The Kier molecular flexibility index (Phi) is 20.5.